The van der Waals surface area contributed by atoms with Gasteiger partial charge in [0.05, 0.1) is 18.7 Å². The van der Waals surface area contributed by atoms with E-state index >= 15 is 0 Å². The number of rotatable bonds is 4. The number of carbonyl (C=O) groups is 4. The number of aliphatic hydroxyl groups is 1. The van der Waals surface area contributed by atoms with Crippen molar-refractivity contribution in [1.82, 2.24) is 16.0 Å². The molecule has 0 saturated carbocycles. The Labute approximate surface area is 178 Å². The Morgan fingerprint density at radius 1 is 1.00 bits per heavy atom. The summed E-state index contributed by atoms with van der Waals surface area (Å²) in [7, 11) is 0. The summed E-state index contributed by atoms with van der Waals surface area (Å²) in [4.78, 5) is 47.6. The monoisotopic (exact) mass is 427 g/mol. The molecular formula is C21H37N3O6. The minimum Gasteiger partial charge on any atom is -0.481 e. The molecule has 5 N–H and O–H groups in total. The average Bonchev–Trinajstić information content (AvgIpc) is 2.68. The molecule has 0 bridgehead atoms. The zero-order chi connectivity index (χ0) is 22.4. The average molecular weight is 428 g/mol. The van der Waals surface area contributed by atoms with Crippen molar-refractivity contribution in [3.8, 4) is 0 Å². The molecule has 1 rings (SSSR count). The molecule has 1 fully saturated rings. The summed E-state index contributed by atoms with van der Waals surface area (Å²) in [6, 6.07) is -1.27. The Morgan fingerprint density at radius 2 is 1.63 bits per heavy atom. The van der Waals surface area contributed by atoms with Crippen molar-refractivity contribution in [1.29, 1.82) is 0 Å². The Morgan fingerprint density at radius 3 is 2.27 bits per heavy atom. The predicted octanol–water partition coefficient (Wildman–Crippen LogP) is 0.537. The second kappa shape index (κ2) is 15.0. The van der Waals surface area contributed by atoms with E-state index in [9.17, 15) is 24.3 Å². The minimum absolute atomic E-state index is 0.0776. The van der Waals surface area contributed by atoms with E-state index in [0.29, 0.717) is 19.5 Å². The Balaban J connectivity index is 2.65. The van der Waals surface area contributed by atoms with Gasteiger partial charge < -0.3 is 26.2 Å². The van der Waals surface area contributed by atoms with Crippen LogP contribution in [-0.4, -0.2) is 71.5 Å². The molecule has 0 aromatic rings. The van der Waals surface area contributed by atoms with Crippen LogP contribution in [0, 0.1) is 0 Å². The van der Waals surface area contributed by atoms with Crippen LogP contribution in [0.3, 0.4) is 0 Å². The maximum atomic E-state index is 12.5. The fraction of sp³-hybridized carbons (Fsp3) is 0.810. The van der Waals surface area contributed by atoms with Crippen LogP contribution in [0.15, 0.2) is 0 Å². The van der Waals surface area contributed by atoms with Crippen LogP contribution in [0.1, 0.15) is 71.1 Å². The zero-order valence-corrected chi connectivity index (χ0v) is 18.0. The van der Waals surface area contributed by atoms with Crippen molar-refractivity contribution in [2.45, 2.75) is 89.3 Å². The Kier molecular flexibility index (Phi) is 13.1. The summed E-state index contributed by atoms with van der Waals surface area (Å²) < 4.78 is 0. The number of amides is 1. The molecule has 3 atom stereocenters. The highest BCUT2D eigenvalue weighted by Gasteiger charge is 2.23. The van der Waals surface area contributed by atoms with Gasteiger partial charge in [0.1, 0.15) is 11.8 Å². The number of Topliss-reactive ketones (excluding diaryl/α,β-unsaturated/α-hetero) is 2. The molecule has 0 radical (unpaired) electrons. The largest absolute Gasteiger partial charge is 0.481 e. The quantitative estimate of drug-likeness (QED) is 0.437. The topological polar surface area (TPSA) is 145 Å². The van der Waals surface area contributed by atoms with Crippen LogP contribution in [0.25, 0.3) is 0 Å². The summed E-state index contributed by atoms with van der Waals surface area (Å²) in [5.41, 5.74) is 0. The molecule has 1 amide bonds. The molecule has 172 valence electrons. The van der Waals surface area contributed by atoms with Crippen LogP contribution in [0.5, 0.6) is 0 Å². The van der Waals surface area contributed by atoms with E-state index in [1.165, 1.54) is 6.92 Å². The molecule has 30 heavy (non-hydrogen) atoms. The van der Waals surface area contributed by atoms with Crippen molar-refractivity contribution in [3.63, 3.8) is 0 Å². The minimum atomic E-state index is -0.935. The van der Waals surface area contributed by atoms with Crippen LogP contribution in [0.2, 0.25) is 0 Å². The zero-order valence-electron chi connectivity index (χ0n) is 18.0. The number of carboxylic acids is 1. The molecule has 9 heteroatoms. The van der Waals surface area contributed by atoms with E-state index in [1.807, 2.05) is 0 Å². The van der Waals surface area contributed by atoms with E-state index in [2.05, 4.69) is 16.0 Å². The van der Waals surface area contributed by atoms with Gasteiger partial charge in [0.2, 0.25) is 5.91 Å². The maximum absolute atomic E-state index is 12.5. The van der Waals surface area contributed by atoms with Gasteiger partial charge in [-0.15, -0.1) is 0 Å². The number of hydrogen-bond acceptors (Lipinski definition) is 7. The third-order valence-electron chi connectivity index (χ3n) is 5.25. The molecule has 9 nitrogen and oxygen atoms in total. The number of nitrogens with one attached hydrogen (secondary N) is 3. The van der Waals surface area contributed by atoms with Crippen LogP contribution in [0.4, 0.5) is 0 Å². The van der Waals surface area contributed by atoms with E-state index in [-0.39, 0.29) is 43.8 Å². The summed E-state index contributed by atoms with van der Waals surface area (Å²) >= 11 is 0. The van der Waals surface area contributed by atoms with Crippen LogP contribution in [-0.2, 0) is 19.2 Å². The second-order valence-corrected chi connectivity index (χ2v) is 7.96. The number of aliphatic carboxylic acids is 1. The molecule has 0 aromatic heterocycles. The smallest absolute Gasteiger partial charge is 0.303 e. The summed E-state index contributed by atoms with van der Waals surface area (Å²) in [6.07, 6.45) is 4.72. The lowest BCUT2D eigenvalue weighted by atomic mass is 10.0. The molecule has 0 aliphatic carbocycles. The first-order valence-electron chi connectivity index (χ1n) is 11.0. The van der Waals surface area contributed by atoms with Gasteiger partial charge in [-0.05, 0) is 45.7 Å². The van der Waals surface area contributed by atoms with Crippen molar-refractivity contribution < 1.29 is 29.4 Å². The van der Waals surface area contributed by atoms with E-state index in [1.54, 1.807) is 0 Å². The van der Waals surface area contributed by atoms with E-state index in [4.69, 9.17) is 5.11 Å². The Hall–Kier alpha value is -1.84. The number of carbonyl (C=O) groups excluding carboxylic acids is 3. The lowest BCUT2D eigenvalue weighted by Crippen LogP contribution is -2.51. The Bertz CT molecular complexity index is 567. The van der Waals surface area contributed by atoms with Crippen molar-refractivity contribution in [3.05, 3.63) is 0 Å². The number of aliphatic hydroxyl groups excluding tert-OH is 1. The van der Waals surface area contributed by atoms with Crippen molar-refractivity contribution in [2.75, 3.05) is 19.6 Å². The third-order valence-corrected chi connectivity index (χ3v) is 5.25. The summed E-state index contributed by atoms with van der Waals surface area (Å²) in [6.45, 7) is 2.64. The lowest BCUT2D eigenvalue weighted by molar-refractivity contribution is -0.137. The van der Waals surface area contributed by atoms with E-state index < -0.39 is 30.1 Å². The highest BCUT2D eigenvalue weighted by molar-refractivity contribution is 5.89. The third kappa shape index (κ3) is 11.4. The van der Waals surface area contributed by atoms with E-state index in [0.717, 1.165) is 32.1 Å². The van der Waals surface area contributed by atoms with Crippen molar-refractivity contribution in [2.24, 2.45) is 0 Å². The number of carboxylic acid groups (broad SMARTS) is 1. The molecule has 1 aliphatic heterocycles. The first kappa shape index (κ1) is 26.2. The standard InChI is InChI=1S/C21H37N3O6/c1-15(25)20-21(30)24-14-16(26)8-7-9-18(27)17(10-11-19(28)29)22-12-5-3-2-4-6-13-23-20/h15,17,20,22-23,25H,2-14H2,1H3,(H,24,30)(H,28,29)/t15-,17-,20-/m0/s1. The molecule has 1 saturated heterocycles. The molecular weight excluding hydrogens is 390 g/mol. The van der Waals surface area contributed by atoms with Gasteiger partial charge in [0.15, 0.2) is 5.78 Å². The van der Waals surface area contributed by atoms with Gasteiger partial charge in [-0.25, -0.2) is 0 Å². The maximum Gasteiger partial charge on any atom is 0.303 e. The second-order valence-electron chi connectivity index (χ2n) is 7.96. The predicted molar refractivity (Wildman–Crippen MR) is 112 cm³/mol. The lowest BCUT2D eigenvalue weighted by Gasteiger charge is -2.20. The van der Waals surface area contributed by atoms with Crippen LogP contribution < -0.4 is 16.0 Å². The van der Waals surface area contributed by atoms with Gasteiger partial charge in [-0.3, -0.25) is 19.2 Å². The van der Waals surface area contributed by atoms with Crippen molar-refractivity contribution >= 4 is 23.4 Å². The number of hydrogen-bond donors (Lipinski definition) is 5. The molecule has 1 heterocycles. The highest BCUT2D eigenvalue weighted by Crippen LogP contribution is 2.08. The molecule has 1 aliphatic rings. The van der Waals surface area contributed by atoms with Gasteiger partial charge in [0.25, 0.3) is 0 Å². The molecule has 0 aromatic carbocycles. The molecule has 0 spiro atoms. The van der Waals surface area contributed by atoms with Gasteiger partial charge >= 0.3 is 5.97 Å². The first-order chi connectivity index (χ1) is 14.3. The van der Waals surface area contributed by atoms with Crippen LogP contribution >= 0.6 is 0 Å². The normalized spacial score (nSPS) is 25.5. The fourth-order valence-corrected chi connectivity index (χ4v) is 3.46. The number of ketones is 2. The summed E-state index contributed by atoms with van der Waals surface area (Å²) in [5.74, 6) is -1.61. The highest BCUT2D eigenvalue weighted by atomic mass is 16.4. The van der Waals surface area contributed by atoms with Gasteiger partial charge in [-0.2, -0.15) is 0 Å². The first-order valence-corrected chi connectivity index (χ1v) is 11.0. The SMILES string of the molecule is C[C@H](O)[C@@H]1NCCCCCCCN[C@@H](CCC(=O)O)C(=O)CCCC(=O)CNC1=O. The van der Waals surface area contributed by atoms with Gasteiger partial charge in [0, 0.05) is 19.3 Å². The summed E-state index contributed by atoms with van der Waals surface area (Å²) in [5, 5.41) is 27.5. The van der Waals surface area contributed by atoms with Gasteiger partial charge in [-0.1, -0.05) is 19.3 Å². The fourth-order valence-electron chi connectivity index (χ4n) is 3.46. The molecule has 0 unspecified atom stereocenters.